The van der Waals surface area contributed by atoms with Gasteiger partial charge in [0.2, 0.25) is 0 Å². The van der Waals surface area contributed by atoms with Gasteiger partial charge in [-0.2, -0.15) is 5.26 Å². The third-order valence-corrected chi connectivity index (χ3v) is 2.13. The normalized spacial score (nSPS) is 11.8. The Bertz CT molecular complexity index is 387. The van der Waals surface area contributed by atoms with E-state index in [1.54, 1.807) is 12.1 Å². The summed E-state index contributed by atoms with van der Waals surface area (Å²) in [6.45, 7) is 0.283. The molecule has 0 saturated carbocycles. The first-order chi connectivity index (χ1) is 7.72. The third-order valence-electron chi connectivity index (χ3n) is 2.13. The van der Waals surface area contributed by atoms with Crippen LogP contribution in [-0.2, 0) is 0 Å². The van der Waals surface area contributed by atoms with Gasteiger partial charge in [0.15, 0.2) is 11.5 Å². The van der Waals surface area contributed by atoms with Crippen molar-refractivity contribution in [2.45, 2.75) is 6.04 Å². The number of aliphatic hydroxyl groups is 1. The van der Waals surface area contributed by atoms with E-state index in [2.05, 4.69) is 5.32 Å². The van der Waals surface area contributed by atoms with Gasteiger partial charge in [-0.05, 0) is 17.7 Å². The maximum atomic E-state index is 9.55. The highest BCUT2D eigenvalue weighted by atomic mass is 16.5. The molecule has 0 aliphatic rings. The van der Waals surface area contributed by atoms with E-state index in [0.29, 0.717) is 17.9 Å². The summed E-state index contributed by atoms with van der Waals surface area (Å²) in [5.41, 5.74) is 0.634. The Morgan fingerprint density at radius 2 is 2.31 bits per heavy atom. The van der Waals surface area contributed by atoms with Gasteiger partial charge >= 0.3 is 0 Å². The van der Waals surface area contributed by atoms with E-state index in [1.165, 1.54) is 13.2 Å². The standard InChI is InChI=1S/C11H14N2O3/c1-16-11-3-2-8(6-10(11)15)9(7-12)13-4-5-14/h2-3,6,9,13-15H,4-5H2,1H3. The maximum Gasteiger partial charge on any atom is 0.160 e. The average molecular weight is 222 g/mol. The zero-order chi connectivity index (χ0) is 12.0. The summed E-state index contributed by atoms with van der Waals surface area (Å²) in [7, 11) is 1.46. The van der Waals surface area contributed by atoms with Crippen molar-refractivity contribution >= 4 is 0 Å². The highest BCUT2D eigenvalue weighted by molar-refractivity contribution is 5.43. The first-order valence-corrected chi connectivity index (χ1v) is 4.83. The monoisotopic (exact) mass is 222 g/mol. The van der Waals surface area contributed by atoms with Crippen molar-refractivity contribution in [1.82, 2.24) is 5.32 Å². The first kappa shape index (κ1) is 12.3. The highest BCUT2D eigenvalue weighted by Gasteiger charge is 2.11. The minimum absolute atomic E-state index is 0.00829. The van der Waals surface area contributed by atoms with Crippen LogP contribution in [-0.4, -0.2) is 30.5 Å². The van der Waals surface area contributed by atoms with E-state index >= 15 is 0 Å². The molecule has 3 N–H and O–H groups in total. The van der Waals surface area contributed by atoms with Crippen molar-refractivity contribution in [3.05, 3.63) is 23.8 Å². The van der Waals surface area contributed by atoms with E-state index in [-0.39, 0.29) is 12.4 Å². The van der Waals surface area contributed by atoms with Crippen LogP contribution in [0.15, 0.2) is 18.2 Å². The van der Waals surface area contributed by atoms with Gasteiger partial charge in [0.25, 0.3) is 0 Å². The number of aliphatic hydroxyl groups excluding tert-OH is 1. The van der Waals surface area contributed by atoms with Gasteiger partial charge in [0.1, 0.15) is 6.04 Å². The number of nitrogens with zero attached hydrogens (tertiary/aromatic N) is 1. The Hall–Kier alpha value is -1.77. The Balaban J connectivity index is 2.86. The summed E-state index contributed by atoms with van der Waals surface area (Å²) < 4.78 is 4.90. The minimum Gasteiger partial charge on any atom is -0.504 e. The summed E-state index contributed by atoms with van der Waals surface area (Å²) in [6.07, 6.45) is 0. The second-order valence-electron chi connectivity index (χ2n) is 3.17. The van der Waals surface area contributed by atoms with Crippen LogP contribution in [0.3, 0.4) is 0 Å². The smallest absolute Gasteiger partial charge is 0.160 e. The van der Waals surface area contributed by atoms with Crippen LogP contribution in [0, 0.1) is 11.3 Å². The molecule has 5 heteroatoms. The van der Waals surface area contributed by atoms with Gasteiger partial charge in [-0.1, -0.05) is 6.07 Å². The Labute approximate surface area is 93.9 Å². The predicted molar refractivity (Wildman–Crippen MR) is 58.1 cm³/mol. The van der Waals surface area contributed by atoms with Crippen molar-refractivity contribution < 1.29 is 14.9 Å². The summed E-state index contributed by atoms with van der Waals surface area (Å²) in [5.74, 6) is 0.355. The zero-order valence-corrected chi connectivity index (χ0v) is 8.97. The number of nitrogens with one attached hydrogen (secondary N) is 1. The Morgan fingerprint density at radius 3 is 2.81 bits per heavy atom. The number of ether oxygens (including phenoxy) is 1. The number of aromatic hydroxyl groups is 1. The molecule has 1 aromatic carbocycles. The van der Waals surface area contributed by atoms with Crippen LogP contribution < -0.4 is 10.1 Å². The Morgan fingerprint density at radius 1 is 1.56 bits per heavy atom. The van der Waals surface area contributed by atoms with Crippen LogP contribution in [0.5, 0.6) is 11.5 Å². The summed E-state index contributed by atoms with van der Waals surface area (Å²) in [6, 6.07) is 6.25. The molecule has 0 saturated heterocycles. The van der Waals surface area contributed by atoms with E-state index in [0.717, 1.165) is 0 Å². The van der Waals surface area contributed by atoms with Crippen molar-refractivity contribution in [1.29, 1.82) is 5.26 Å². The van der Waals surface area contributed by atoms with Crippen LogP contribution >= 0.6 is 0 Å². The highest BCUT2D eigenvalue weighted by Crippen LogP contribution is 2.28. The SMILES string of the molecule is COc1ccc(C(C#N)NCCO)cc1O. The number of phenols is 1. The number of hydrogen-bond acceptors (Lipinski definition) is 5. The van der Waals surface area contributed by atoms with Gasteiger partial charge in [-0.25, -0.2) is 0 Å². The van der Waals surface area contributed by atoms with Crippen molar-refractivity contribution in [3.63, 3.8) is 0 Å². The number of hydrogen-bond donors (Lipinski definition) is 3. The van der Waals surface area contributed by atoms with Crippen LogP contribution in [0.2, 0.25) is 0 Å². The van der Waals surface area contributed by atoms with Crippen molar-refractivity contribution in [2.24, 2.45) is 0 Å². The van der Waals surface area contributed by atoms with E-state index in [4.69, 9.17) is 15.1 Å². The third kappa shape index (κ3) is 2.86. The second kappa shape index (κ2) is 5.95. The lowest BCUT2D eigenvalue weighted by atomic mass is 10.1. The lowest BCUT2D eigenvalue weighted by molar-refractivity contribution is 0.289. The lowest BCUT2D eigenvalue weighted by Gasteiger charge is -2.12. The van der Waals surface area contributed by atoms with Crippen LogP contribution in [0.1, 0.15) is 11.6 Å². The molecule has 0 fully saturated rings. The number of rotatable bonds is 5. The number of phenolic OH excluding ortho intramolecular Hbond substituents is 1. The summed E-state index contributed by atoms with van der Waals surface area (Å²) in [4.78, 5) is 0. The van der Waals surface area contributed by atoms with Crippen molar-refractivity contribution in [3.8, 4) is 17.6 Å². The molecular weight excluding hydrogens is 208 g/mol. The molecule has 0 aliphatic heterocycles. The van der Waals surface area contributed by atoms with E-state index < -0.39 is 6.04 Å². The van der Waals surface area contributed by atoms with Gasteiger partial charge in [-0.15, -0.1) is 0 Å². The molecule has 1 atom stereocenters. The average Bonchev–Trinajstić information content (AvgIpc) is 2.30. The van der Waals surface area contributed by atoms with Gasteiger partial charge < -0.3 is 14.9 Å². The minimum atomic E-state index is -0.552. The first-order valence-electron chi connectivity index (χ1n) is 4.83. The second-order valence-corrected chi connectivity index (χ2v) is 3.17. The molecule has 1 aromatic rings. The fourth-order valence-corrected chi connectivity index (χ4v) is 1.33. The van der Waals surface area contributed by atoms with Crippen LogP contribution in [0.25, 0.3) is 0 Å². The largest absolute Gasteiger partial charge is 0.504 e. The molecule has 1 rings (SSSR count). The van der Waals surface area contributed by atoms with Gasteiger partial charge in [0, 0.05) is 6.54 Å². The molecule has 0 aromatic heterocycles. The Kier molecular flexibility index (Phi) is 4.58. The molecule has 16 heavy (non-hydrogen) atoms. The molecule has 86 valence electrons. The predicted octanol–water partition coefficient (Wildman–Crippen LogP) is 0.547. The molecule has 0 spiro atoms. The molecule has 0 bridgehead atoms. The molecule has 5 nitrogen and oxygen atoms in total. The van der Waals surface area contributed by atoms with Crippen molar-refractivity contribution in [2.75, 3.05) is 20.3 Å². The topological polar surface area (TPSA) is 85.5 Å². The molecule has 0 radical (unpaired) electrons. The fourth-order valence-electron chi connectivity index (χ4n) is 1.33. The number of methoxy groups -OCH3 is 1. The summed E-state index contributed by atoms with van der Waals surface area (Å²) in [5, 5.41) is 30.0. The van der Waals surface area contributed by atoms with Crippen LogP contribution in [0.4, 0.5) is 0 Å². The van der Waals surface area contributed by atoms with E-state index in [9.17, 15) is 5.11 Å². The molecule has 0 aliphatic carbocycles. The number of benzene rings is 1. The molecule has 0 heterocycles. The van der Waals surface area contributed by atoms with Gasteiger partial charge in [-0.3, -0.25) is 5.32 Å². The fraction of sp³-hybridized carbons (Fsp3) is 0.364. The molecular formula is C11H14N2O3. The maximum absolute atomic E-state index is 9.55. The van der Waals surface area contributed by atoms with Gasteiger partial charge in [0.05, 0.1) is 19.8 Å². The molecule has 1 unspecified atom stereocenters. The zero-order valence-electron chi connectivity index (χ0n) is 8.97. The van der Waals surface area contributed by atoms with E-state index in [1.807, 2.05) is 6.07 Å². The quantitative estimate of drug-likeness (QED) is 0.677. The molecule has 0 amide bonds. The summed E-state index contributed by atoms with van der Waals surface area (Å²) >= 11 is 0. The lowest BCUT2D eigenvalue weighted by Crippen LogP contribution is -2.23. The number of nitriles is 1.